The molecule has 1 atom stereocenters. The van der Waals surface area contributed by atoms with E-state index in [9.17, 15) is 9.59 Å². The molecule has 10 rings (SSSR count). The Morgan fingerprint density at radius 3 is 1.12 bits per heavy atom. The molecule has 12 nitrogen and oxygen atoms in total. The van der Waals surface area contributed by atoms with Gasteiger partial charge in [-0.05, 0) is 66.0 Å². The third-order valence-electron chi connectivity index (χ3n) is 11.9. The number of carbonyl (C=O) groups excluding carboxylic acids is 2. The average Bonchev–Trinajstić information content (AvgIpc) is 4.17. The normalized spacial score (nSPS) is 10.5. The first-order valence-electron chi connectivity index (χ1n) is 23.6. The van der Waals surface area contributed by atoms with E-state index in [0.29, 0.717) is 17.4 Å². The van der Waals surface area contributed by atoms with E-state index in [-0.39, 0.29) is 64.3 Å². The molecule has 0 aliphatic heterocycles. The van der Waals surface area contributed by atoms with Crippen molar-refractivity contribution in [3.8, 4) is 11.3 Å². The van der Waals surface area contributed by atoms with Crippen LogP contribution in [0.4, 0.5) is 0 Å². The van der Waals surface area contributed by atoms with Crippen molar-refractivity contribution in [1.29, 1.82) is 0 Å². The van der Waals surface area contributed by atoms with Crippen LogP contribution in [0.1, 0.15) is 61.5 Å². The second-order valence-electron chi connectivity index (χ2n) is 16.0. The van der Waals surface area contributed by atoms with Gasteiger partial charge in [0.25, 0.3) is 0 Å². The van der Waals surface area contributed by atoms with Crippen LogP contribution in [0.25, 0.3) is 11.3 Å². The van der Waals surface area contributed by atoms with E-state index in [1.165, 1.54) is 92.0 Å². The summed E-state index contributed by atoms with van der Waals surface area (Å²) >= 11 is 4.77. The number of aromatic nitrogens is 4. The molecule has 10 aromatic rings. The zero-order valence-corrected chi connectivity index (χ0v) is 54.4. The molecule has 0 aliphatic carbocycles. The molecule has 0 saturated heterocycles. The molecule has 0 fully saturated rings. The molecule has 2 aromatic heterocycles. The molecule has 77 heavy (non-hydrogen) atoms. The standard InChI is InChI=1S/C29H22N2O.C22H17IN2.C7H7BO3.CH4.3K.HO4P/c32-21-23-12-10-11-19-27(23)28-20-31(22-30-28)29(24-13-4-1-5-14-24,25-15-6-2-7-16-25)26-17-8-3-9-18-26;23-21-16-25(17-24-21)22(18-10-4-1-5-11-18,19-12-6-2-7-13-19)20-14-8-3-9-15-20;9-5-6-3-1-2-4-7(6)8(10)11;;;;;1-4-5(2)3/h1-22H;1-17H;1-5,10-11H;1H4;;;;1H/q;;;;;;+1;/p-1. The molecule has 372 valence electrons. The van der Waals surface area contributed by atoms with Gasteiger partial charge in [-0.15, -0.1) is 0 Å². The Bertz CT molecular complexity index is 3120. The molecule has 8 aromatic carbocycles. The maximum absolute atomic E-state index is 11.6. The summed E-state index contributed by atoms with van der Waals surface area (Å²) in [4.78, 5) is 40.1. The van der Waals surface area contributed by atoms with E-state index < -0.39 is 26.5 Å². The SMILES string of the molecule is C.Ic1cn(C(c2ccccc2)(c2ccccc2)c2ccccc2)cn1.O=Cc1ccccc1-c1cn(C(c2ccccc2)(c2ccccc2)c2ccccc2)cn1.O=Cc1ccccc1B(O)O.O=[P+]([O-])O[O-].[K+].[K][K]. The molecule has 0 amide bonds. The second kappa shape index (κ2) is 35.1. The van der Waals surface area contributed by atoms with Crippen LogP contribution in [0.5, 0.6) is 0 Å². The van der Waals surface area contributed by atoms with Gasteiger partial charge in [-0.2, -0.15) is 0 Å². The Kier molecular flexibility index (Phi) is 30.4. The summed E-state index contributed by atoms with van der Waals surface area (Å²) in [6.07, 6.45) is 9.41. The molecule has 18 heteroatoms. The van der Waals surface area contributed by atoms with Crippen LogP contribution in [0.15, 0.2) is 256 Å². The fourth-order valence-corrected chi connectivity index (χ4v) is 9.21. The van der Waals surface area contributed by atoms with Crippen molar-refractivity contribution in [1.82, 2.24) is 19.1 Å². The van der Waals surface area contributed by atoms with E-state index in [0.717, 1.165) is 37.9 Å². The Labute approximate surface area is 552 Å². The second-order valence-corrected chi connectivity index (χ2v) is 17.7. The number of nitrogens with zero attached hydrogens (tertiary/aromatic N) is 4. The van der Waals surface area contributed by atoms with Gasteiger partial charge in [0.1, 0.15) is 21.1 Å². The van der Waals surface area contributed by atoms with Crippen LogP contribution >= 0.6 is 30.8 Å². The van der Waals surface area contributed by atoms with E-state index in [4.69, 9.17) is 29.7 Å². The summed E-state index contributed by atoms with van der Waals surface area (Å²) in [7, 11) is -4.73. The van der Waals surface area contributed by atoms with Crippen molar-refractivity contribution in [3.63, 3.8) is 0 Å². The predicted octanol–water partition coefficient (Wildman–Crippen LogP) is 5.88. The molecular weight excluding hydrogens is 1180 g/mol. The summed E-state index contributed by atoms with van der Waals surface area (Å²) in [6.45, 7) is 0. The Morgan fingerprint density at radius 2 is 0.818 bits per heavy atom. The van der Waals surface area contributed by atoms with Crippen LogP contribution in [0, 0.1) is 3.70 Å². The number of halogens is 1. The van der Waals surface area contributed by atoms with Gasteiger partial charge in [0.05, 0.1) is 18.3 Å². The maximum atomic E-state index is 11.6. The van der Waals surface area contributed by atoms with Gasteiger partial charge in [0.15, 0.2) is 6.29 Å². The van der Waals surface area contributed by atoms with Crippen LogP contribution in [0.2, 0.25) is 0 Å². The van der Waals surface area contributed by atoms with Gasteiger partial charge in [-0.25, -0.2) is 14.6 Å². The Balaban J connectivity index is 0.000000252. The number of carbonyl (C=O) groups is 2. The zero-order valence-electron chi connectivity index (χ0n) is 41.9. The van der Waals surface area contributed by atoms with Gasteiger partial charge >= 0.3 is 130 Å². The van der Waals surface area contributed by atoms with Crippen molar-refractivity contribution in [3.05, 3.63) is 304 Å². The van der Waals surface area contributed by atoms with Gasteiger partial charge in [-0.1, -0.05) is 238 Å². The molecule has 0 aliphatic rings. The first-order chi connectivity index (χ1) is 36.7. The third kappa shape index (κ3) is 17.1. The fraction of sp³-hybridized carbons (Fsp3) is 0.0508. The molecule has 2 heterocycles. The minimum atomic E-state index is -3.15. The monoisotopic (exact) mass is 1230 g/mol. The summed E-state index contributed by atoms with van der Waals surface area (Å²) in [5.41, 5.74) is 8.70. The molecule has 0 radical (unpaired) electrons. The topological polar surface area (TPSA) is 183 Å². The minimum absolute atomic E-state index is 0. The number of hydrogen-bond donors (Lipinski definition) is 2. The van der Waals surface area contributed by atoms with Gasteiger partial charge in [0.2, 0.25) is 0 Å². The van der Waals surface area contributed by atoms with E-state index in [1.54, 1.807) is 12.1 Å². The van der Waals surface area contributed by atoms with Crippen LogP contribution < -0.4 is 67.0 Å². The van der Waals surface area contributed by atoms with E-state index >= 15 is 0 Å². The first-order valence-corrected chi connectivity index (χ1v) is 41.8. The van der Waals surface area contributed by atoms with Crippen LogP contribution in [0.3, 0.4) is 0 Å². The molecule has 0 bridgehead atoms. The van der Waals surface area contributed by atoms with Gasteiger partial charge in [0, 0.05) is 29.1 Å². The quantitative estimate of drug-likeness (QED) is 0.0269. The summed E-state index contributed by atoms with van der Waals surface area (Å²) in [6, 6.07) is 77.1. The Hall–Kier alpha value is -2.88. The van der Waals surface area contributed by atoms with E-state index in [2.05, 4.69) is 211 Å². The number of hydrogen-bond acceptors (Lipinski definition) is 10. The van der Waals surface area contributed by atoms with Crippen LogP contribution in [-0.4, -0.2) is 112 Å². The van der Waals surface area contributed by atoms with Crippen molar-refractivity contribution >= 4 is 119 Å². The third-order valence-corrected chi connectivity index (χ3v) is 12.6. The number of benzene rings is 8. The molecular formula is C59H50BIK3N4O8P. The zero-order chi connectivity index (χ0) is 53.5. The fourth-order valence-electron chi connectivity index (χ4n) is 8.78. The molecule has 2 N–H and O–H groups in total. The molecule has 1 unspecified atom stereocenters. The predicted molar refractivity (Wildman–Crippen MR) is 306 cm³/mol. The van der Waals surface area contributed by atoms with Crippen molar-refractivity contribution in [2.24, 2.45) is 0 Å². The number of rotatable bonds is 13. The van der Waals surface area contributed by atoms with E-state index in [1.807, 2.05) is 61.3 Å². The van der Waals surface area contributed by atoms with Gasteiger partial charge < -0.3 is 29.3 Å². The van der Waals surface area contributed by atoms with Crippen molar-refractivity contribution < 1.29 is 90.4 Å². The summed E-state index contributed by atoms with van der Waals surface area (Å²) < 4.78 is 16.7. The number of aldehydes is 2. The van der Waals surface area contributed by atoms with Crippen molar-refractivity contribution in [2.45, 2.75) is 18.5 Å². The Morgan fingerprint density at radius 1 is 0.519 bits per heavy atom. The van der Waals surface area contributed by atoms with Crippen LogP contribution in [-0.2, 0) is 20.3 Å². The van der Waals surface area contributed by atoms with Crippen molar-refractivity contribution in [2.75, 3.05) is 0 Å². The summed E-state index contributed by atoms with van der Waals surface area (Å²) in [5, 5.41) is 26.0. The first kappa shape index (κ1) is 66.6. The average molecular weight is 1230 g/mol. The molecule has 0 spiro atoms. The molecule has 0 saturated carbocycles. The summed E-state index contributed by atoms with van der Waals surface area (Å²) in [5.74, 6) is 0. The van der Waals surface area contributed by atoms with Gasteiger partial charge in [-0.3, -0.25) is 9.59 Å². The number of imidazole rings is 2.